The molecule has 1 saturated carbocycles. The summed E-state index contributed by atoms with van der Waals surface area (Å²) in [4.78, 5) is 21.3. The normalized spacial score (nSPS) is 20.8. The Hall–Kier alpha value is -1.14. The number of ether oxygens (including phenoxy) is 1. The molecule has 2 heterocycles. The van der Waals surface area contributed by atoms with Crippen molar-refractivity contribution in [3.8, 4) is 0 Å². The van der Waals surface area contributed by atoms with E-state index in [0.29, 0.717) is 5.92 Å². The molecule has 2 fully saturated rings. The van der Waals surface area contributed by atoms with Crippen molar-refractivity contribution in [2.45, 2.75) is 39.2 Å². The standard InChI is InChI=1S/C16H25N3O2S/c1-12-11-22-16(17-12)19-7-3-6-18(8-9-19)15(20)13(2)21-10-14-4-5-14/h11,13-14H,3-10H2,1-2H3. The molecule has 1 atom stereocenters. The van der Waals surface area contributed by atoms with Gasteiger partial charge in [0.2, 0.25) is 0 Å². The van der Waals surface area contributed by atoms with Gasteiger partial charge in [-0.1, -0.05) is 0 Å². The Kier molecular flexibility index (Phi) is 4.98. The van der Waals surface area contributed by atoms with E-state index in [-0.39, 0.29) is 12.0 Å². The monoisotopic (exact) mass is 323 g/mol. The maximum absolute atomic E-state index is 12.5. The first kappa shape index (κ1) is 15.7. The van der Waals surface area contributed by atoms with Gasteiger partial charge < -0.3 is 14.5 Å². The number of thiazole rings is 1. The third-order valence-electron chi connectivity index (χ3n) is 4.31. The number of carbonyl (C=O) groups excluding carboxylic acids is 1. The first-order valence-corrected chi connectivity index (χ1v) is 9.09. The third-order valence-corrected chi connectivity index (χ3v) is 5.33. The first-order valence-electron chi connectivity index (χ1n) is 8.21. The molecule has 1 saturated heterocycles. The van der Waals surface area contributed by atoms with Crippen LogP contribution < -0.4 is 4.90 Å². The summed E-state index contributed by atoms with van der Waals surface area (Å²) in [5.74, 6) is 0.834. The molecule has 5 nitrogen and oxygen atoms in total. The van der Waals surface area contributed by atoms with Gasteiger partial charge in [0, 0.05) is 31.6 Å². The van der Waals surface area contributed by atoms with E-state index in [0.717, 1.165) is 50.0 Å². The average Bonchev–Trinajstić information content (AvgIpc) is 3.29. The maximum Gasteiger partial charge on any atom is 0.251 e. The number of aromatic nitrogens is 1. The molecule has 1 aromatic rings. The fourth-order valence-electron chi connectivity index (χ4n) is 2.71. The summed E-state index contributed by atoms with van der Waals surface area (Å²) < 4.78 is 5.72. The second-order valence-corrected chi connectivity index (χ2v) is 7.19. The van der Waals surface area contributed by atoms with Gasteiger partial charge in [0.1, 0.15) is 6.10 Å². The molecule has 0 bridgehead atoms. The van der Waals surface area contributed by atoms with Gasteiger partial charge in [-0.15, -0.1) is 11.3 Å². The Labute approximate surface area is 136 Å². The lowest BCUT2D eigenvalue weighted by molar-refractivity contribution is -0.142. The summed E-state index contributed by atoms with van der Waals surface area (Å²) in [6.07, 6.45) is 3.19. The Balaban J connectivity index is 1.51. The van der Waals surface area contributed by atoms with Gasteiger partial charge in [0.05, 0.1) is 12.3 Å². The zero-order valence-corrected chi connectivity index (χ0v) is 14.3. The third kappa shape index (κ3) is 3.98. The molecule has 1 aliphatic carbocycles. The molecule has 1 aromatic heterocycles. The number of hydrogen-bond acceptors (Lipinski definition) is 5. The van der Waals surface area contributed by atoms with Crippen LogP contribution in [0.15, 0.2) is 5.38 Å². The molecule has 1 aliphatic heterocycles. The van der Waals surface area contributed by atoms with Crippen LogP contribution in [0.1, 0.15) is 31.9 Å². The summed E-state index contributed by atoms with van der Waals surface area (Å²) in [6.45, 7) is 8.04. The number of aryl methyl sites for hydroxylation is 1. The Bertz CT molecular complexity index is 515. The molecule has 6 heteroatoms. The number of rotatable bonds is 5. The van der Waals surface area contributed by atoms with E-state index >= 15 is 0 Å². The number of nitrogens with zero attached hydrogens (tertiary/aromatic N) is 3. The minimum Gasteiger partial charge on any atom is -0.368 e. The van der Waals surface area contributed by atoms with E-state index in [1.807, 2.05) is 18.7 Å². The molecular weight excluding hydrogens is 298 g/mol. The zero-order valence-electron chi connectivity index (χ0n) is 13.5. The molecule has 122 valence electrons. The highest BCUT2D eigenvalue weighted by atomic mass is 32.1. The zero-order chi connectivity index (χ0) is 15.5. The van der Waals surface area contributed by atoms with Crippen LogP contribution >= 0.6 is 11.3 Å². The van der Waals surface area contributed by atoms with Crippen molar-refractivity contribution in [3.63, 3.8) is 0 Å². The predicted octanol–water partition coefficient (Wildman–Crippen LogP) is 2.31. The summed E-state index contributed by atoms with van der Waals surface area (Å²) in [5, 5.41) is 3.15. The molecule has 1 unspecified atom stereocenters. The highest BCUT2D eigenvalue weighted by Crippen LogP contribution is 2.29. The smallest absolute Gasteiger partial charge is 0.251 e. The molecule has 3 rings (SSSR count). The molecular formula is C16H25N3O2S. The van der Waals surface area contributed by atoms with Crippen molar-refractivity contribution < 1.29 is 9.53 Å². The SMILES string of the molecule is Cc1csc(N2CCCN(C(=O)C(C)OCC3CC3)CC2)n1. The minimum absolute atomic E-state index is 0.137. The Morgan fingerprint density at radius 3 is 2.91 bits per heavy atom. The van der Waals surface area contributed by atoms with E-state index in [2.05, 4.69) is 15.3 Å². The van der Waals surface area contributed by atoms with Gasteiger partial charge in [-0.25, -0.2) is 4.98 Å². The molecule has 0 N–H and O–H groups in total. The summed E-state index contributed by atoms with van der Waals surface area (Å²) in [5.41, 5.74) is 1.07. The second kappa shape index (κ2) is 6.96. The molecule has 0 aromatic carbocycles. The summed E-state index contributed by atoms with van der Waals surface area (Å²) >= 11 is 1.69. The van der Waals surface area contributed by atoms with Crippen molar-refractivity contribution in [2.75, 3.05) is 37.7 Å². The fraction of sp³-hybridized carbons (Fsp3) is 0.750. The van der Waals surface area contributed by atoms with Crippen molar-refractivity contribution in [3.05, 3.63) is 11.1 Å². The van der Waals surface area contributed by atoms with Crippen LogP contribution in [-0.2, 0) is 9.53 Å². The topological polar surface area (TPSA) is 45.7 Å². The number of anilines is 1. The first-order chi connectivity index (χ1) is 10.6. The Morgan fingerprint density at radius 2 is 2.23 bits per heavy atom. The predicted molar refractivity (Wildman–Crippen MR) is 88.4 cm³/mol. The van der Waals surface area contributed by atoms with Crippen molar-refractivity contribution >= 4 is 22.4 Å². The maximum atomic E-state index is 12.5. The van der Waals surface area contributed by atoms with Gasteiger partial charge in [-0.2, -0.15) is 0 Å². The average molecular weight is 323 g/mol. The van der Waals surface area contributed by atoms with E-state index in [1.54, 1.807) is 11.3 Å². The van der Waals surface area contributed by atoms with Crippen LogP contribution in [-0.4, -0.2) is 54.7 Å². The summed E-state index contributed by atoms with van der Waals surface area (Å²) in [7, 11) is 0. The largest absolute Gasteiger partial charge is 0.368 e. The van der Waals surface area contributed by atoms with Gasteiger partial charge in [0.15, 0.2) is 5.13 Å². The highest BCUT2D eigenvalue weighted by Gasteiger charge is 2.27. The lowest BCUT2D eigenvalue weighted by Gasteiger charge is -2.24. The quantitative estimate of drug-likeness (QED) is 0.834. The van der Waals surface area contributed by atoms with Crippen LogP contribution in [0, 0.1) is 12.8 Å². The second-order valence-electron chi connectivity index (χ2n) is 6.36. The Morgan fingerprint density at radius 1 is 1.41 bits per heavy atom. The van der Waals surface area contributed by atoms with Gasteiger partial charge >= 0.3 is 0 Å². The van der Waals surface area contributed by atoms with Crippen LogP contribution in [0.3, 0.4) is 0 Å². The van der Waals surface area contributed by atoms with Gasteiger partial charge in [-0.05, 0) is 39.0 Å². The lowest BCUT2D eigenvalue weighted by atomic mass is 10.3. The van der Waals surface area contributed by atoms with Gasteiger partial charge in [-0.3, -0.25) is 4.79 Å². The summed E-state index contributed by atoms with van der Waals surface area (Å²) in [6, 6.07) is 0. The van der Waals surface area contributed by atoms with E-state index in [9.17, 15) is 4.79 Å². The number of hydrogen-bond donors (Lipinski definition) is 0. The van der Waals surface area contributed by atoms with Crippen LogP contribution in [0.2, 0.25) is 0 Å². The molecule has 1 amide bonds. The molecule has 0 radical (unpaired) electrons. The number of amides is 1. The minimum atomic E-state index is -0.311. The van der Waals surface area contributed by atoms with Crippen molar-refractivity contribution in [2.24, 2.45) is 5.92 Å². The van der Waals surface area contributed by atoms with E-state index in [4.69, 9.17) is 4.74 Å². The molecule has 22 heavy (non-hydrogen) atoms. The van der Waals surface area contributed by atoms with Crippen molar-refractivity contribution in [1.82, 2.24) is 9.88 Å². The molecule has 2 aliphatic rings. The van der Waals surface area contributed by atoms with E-state index in [1.165, 1.54) is 12.8 Å². The van der Waals surface area contributed by atoms with Crippen LogP contribution in [0.25, 0.3) is 0 Å². The van der Waals surface area contributed by atoms with Crippen LogP contribution in [0.5, 0.6) is 0 Å². The fourth-order valence-corrected chi connectivity index (χ4v) is 3.57. The lowest BCUT2D eigenvalue weighted by Crippen LogP contribution is -2.41. The van der Waals surface area contributed by atoms with Crippen molar-refractivity contribution in [1.29, 1.82) is 0 Å². The highest BCUT2D eigenvalue weighted by molar-refractivity contribution is 7.13. The van der Waals surface area contributed by atoms with Gasteiger partial charge in [0.25, 0.3) is 5.91 Å². The van der Waals surface area contributed by atoms with Crippen LogP contribution in [0.4, 0.5) is 5.13 Å². The number of carbonyl (C=O) groups is 1. The molecule has 0 spiro atoms. The van der Waals surface area contributed by atoms with E-state index < -0.39 is 0 Å².